The maximum absolute atomic E-state index is 13.6. The number of anilines is 1. The fourth-order valence-electron chi connectivity index (χ4n) is 1.51. The van der Waals surface area contributed by atoms with Gasteiger partial charge in [-0.1, -0.05) is 11.4 Å². The first-order valence-corrected chi connectivity index (χ1v) is 6.36. The number of nitrogens with zero attached hydrogens (tertiary/aromatic N) is 3. The zero-order chi connectivity index (χ0) is 14.7. The molecule has 1 N–H and O–H groups in total. The lowest BCUT2D eigenvalue weighted by atomic mass is 10.2. The number of hydrogen-bond donors (Lipinski definition) is 1. The minimum Gasteiger partial charge on any atom is -0.318 e. The van der Waals surface area contributed by atoms with Crippen molar-refractivity contribution in [3.63, 3.8) is 0 Å². The van der Waals surface area contributed by atoms with E-state index in [2.05, 4.69) is 14.9 Å². The Morgan fingerprint density at radius 3 is 2.95 bits per heavy atom. The minimum atomic E-state index is -0.750. The van der Waals surface area contributed by atoms with Crippen LogP contribution in [0.25, 0.3) is 0 Å². The van der Waals surface area contributed by atoms with Crippen LogP contribution in [0.5, 0.6) is 0 Å². The molecular formula is C11H9FN4O3S. The second-order valence-electron chi connectivity index (χ2n) is 3.78. The molecule has 0 atom stereocenters. The predicted octanol–water partition coefficient (Wildman–Crippen LogP) is 2.40. The molecule has 1 aromatic carbocycles. The van der Waals surface area contributed by atoms with Gasteiger partial charge in [0.25, 0.3) is 11.6 Å². The predicted molar refractivity (Wildman–Crippen MR) is 70.3 cm³/mol. The lowest BCUT2D eigenvalue weighted by Gasteiger charge is -2.05. The van der Waals surface area contributed by atoms with Gasteiger partial charge in [-0.25, -0.2) is 4.39 Å². The number of rotatable bonds is 4. The van der Waals surface area contributed by atoms with Gasteiger partial charge in [-0.05, 0) is 24.0 Å². The number of halogens is 1. The quantitative estimate of drug-likeness (QED) is 0.690. The van der Waals surface area contributed by atoms with E-state index in [0.717, 1.165) is 29.7 Å². The first-order chi connectivity index (χ1) is 9.52. The maximum Gasteiger partial charge on any atom is 0.271 e. The molecule has 7 nitrogen and oxygen atoms in total. The topological polar surface area (TPSA) is 98.0 Å². The highest BCUT2D eigenvalue weighted by Gasteiger charge is 2.18. The molecule has 0 radical (unpaired) electrons. The van der Waals surface area contributed by atoms with Crippen molar-refractivity contribution < 1.29 is 14.1 Å². The average Bonchev–Trinajstić information content (AvgIpc) is 2.89. The number of carbonyl (C=O) groups excluding carboxylic acids is 1. The summed E-state index contributed by atoms with van der Waals surface area (Å²) in [6.45, 7) is 1.81. The number of aryl methyl sites for hydroxylation is 1. The standard InChI is InChI=1S/C11H9FN4O3S/c1-2-8-10(20-15-14-8)11(17)13-9-5-6(16(18)19)3-4-7(9)12/h3-5H,2H2,1H3,(H,13,17). The van der Waals surface area contributed by atoms with E-state index in [1.807, 2.05) is 6.92 Å². The van der Waals surface area contributed by atoms with Gasteiger partial charge in [0.05, 0.1) is 16.3 Å². The summed E-state index contributed by atoms with van der Waals surface area (Å²) in [6, 6.07) is 2.92. The number of carbonyl (C=O) groups is 1. The summed E-state index contributed by atoms with van der Waals surface area (Å²) in [5.41, 5.74) is -0.0576. The van der Waals surface area contributed by atoms with E-state index >= 15 is 0 Å². The molecule has 1 heterocycles. The maximum atomic E-state index is 13.6. The fourth-order valence-corrected chi connectivity index (χ4v) is 2.16. The molecule has 2 aromatic rings. The molecule has 0 aliphatic heterocycles. The largest absolute Gasteiger partial charge is 0.318 e. The zero-order valence-electron chi connectivity index (χ0n) is 10.3. The van der Waals surface area contributed by atoms with E-state index in [-0.39, 0.29) is 16.3 Å². The Bertz CT molecular complexity index is 673. The van der Waals surface area contributed by atoms with Gasteiger partial charge in [0.2, 0.25) is 0 Å². The Hall–Kier alpha value is -2.42. The van der Waals surface area contributed by atoms with Gasteiger partial charge >= 0.3 is 0 Å². The van der Waals surface area contributed by atoms with Gasteiger partial charge in [0.15, 0.2) is 0 Å². The molecule has 1 amide bonds. The molecule has 2 rings (SSSR count). The fraction of sp³-hybridized carbons (Fsp3) is 0.182. The molecule has 0 aliphatic rings. The third-order valence-corrected chi connectivity index (χ3v) is 3.27. The van der Waals surface area contributed by atoms with Gasteiger partial charge in [-0.3, -0.25) is 14.9 Å². The number of nitrogens with one attached hydrogen (secondary N) is 1. The number of nitro benzene ring substituents is 1. The first kappa shape index (κ1) is 14.0. The molecule has 1 aromatic heterocycles. The average molecular weight is 296 g/mol. The third-order valence-electron chi connectivity index (χ3n) is 2.51. The molecule has 20 heavy (non-hydrogen) atoms. The van der Waals surface area contributed by atoms with Crippen molar-refractivity contribution in [1.29, 1.82) is 0 Å². The van der Waals surface area contributed by atoms with E-state index in [0.29, 0.717) is 12.1 Å². The number of nitro groups is 1. The number of non-ortho nitro benzene ring substituents is 1. The Morgan fingerprint density at radius 2 is 2.30 bits per heavy atom. The minimum absolute atomic E-state index is 0.250. The summed E-state index contributed by atoms with van der Waals surface area (Å²) in [5.74, 6) is -1.34. The Labute approximate surface area is 116 Å². The van der Waals surface area contributed by atoms with E-state index in [1.165, 1.54) is 0 Å². The van der Waals surface area contributed by atoms with Gasteiger partial charge in [0.1, 0.15) is 10.7 Å². The second kappa shape index (κ2) is 5.70. The molecule has 0 unspecified atom stereocenters. The molecule has 0 saturated heterocycles. The number of hydrogen-bond acceptors (Lipinski definition) is 6. The van der Waals surface area contributed by atoms with Crippen molar-refractivity contribution in [2.45, 2.75) is 13.3 Å². The number of aromatic nitrogens is 2. The SMILES string of the molecule is CCc1nnsc1C(=O)Nc1cc([N+](=O)[O-])ccc1F. The van der Waals surface area contributed by atoms with Crippen LogP contribution in [0.1, 0.15) is 22.3 Å². The highest BCUT2D eigenvalue weighted by atomic mass is 32.1. The van der Waals surface area contributed by atoms with Crippen molar-refractivity contribution in [2.75, 3.05) is 5.32 Å². The van der Waals surface area contributed by atoms with Crippen molar-refractivity contribution in [2.24, 2.45) is 0 Å². The molecule has 0 aliphatic carbocycles. The van der Waals surface area contributed by atoms with Crippen LogP contribution >= 0.6 is 11.5 Å². The van der Waals surface area contributed by atoms with Crippen molar-refractivity contribution in [3.8, 4) is 0 Å². The van der Waals surface area contributed by atoms with E-state index in [9.17, 15) is 19.3 Å². The second-order valence-corrected chi connectivity index (χ2v) is 4.53. The lowest BCUT2D eigenvalue weighted by Crippen LogP contribution is -2.13. The molecule has 0 saturated carbocycles. The normalized spacial score (nSPS) is 10.3. The van der Waals surface area contributed by atoms with Gasteiger partial charge in [-0.2, -0.15) is 0 Å². The van der Waals surface area contributed by atoms with Crippen LogP contribution in [-0.4, -0.2) is 20.4 Å². The Morgan fingerprint density at radius 1 is 1.55 bits per heavy atom. The van der Waals surface area contributed by atoms with Crippen LogP contribution in [0.15, 0.2) is 18.2 Å². The summed E-state index contributed by atoms with van der Waals surface area (Å²) in [7, 11) is 0. The van der Waals surface area contributed by atoms with Gasteiger partial charge in [0, 0.05) is 12.1 Å². The highest BCUT2D eigenvalue weighted by molar-refractivity contribution is 7.08. The van der Waals surface area contributed by atoms with Crippen LogP contribution in [0.3, 0.4) is 0 Å². The van der Waals surface area contributed by atoms with Crippen molar-refractivity contribution >= 4 is 28.8 Å². The number of amides is 1. The van der Waals surface area contributed by atoms with E-state index < -0.39 is 16.6 Å². The molecule has 0 fully saturated rings. The van der Waals surface area contributed by atoms with Gasteiger partial charge < -0.3 is 5.32 Å². The molecule has 0 bridgehead atoms. The Balaban J connectivity index is 2.28. The highest BCUT2D eigenvalue weighted by Crippen LogP contribution is 2.22. The number of benzene rings is 1. The van der Waals surface area contributed by atoms with Crippen LogP contribution < -0.4 is 5.32 Å². The van der Waals surface area contributed by atoms with E-state index in [1.54, 1.807) is 0 Å². The molecular weight excluding hydrogens is 287 g/mol. The van der Waals surface area contributed by atoms with Crippen LogP contribution in [-0.2, 0) is 6.42 Å². The van der Waals surface area contributed by atoms with Crippen LogP contribution in [0.4, 0.5) is 15.8 Å². The Kier molecular flexibility index (Phi) is 3.99. The first-order valence-electron chi connectivity index (χ1n) is 5.59. The van der Waals surface area contributed by atoms with Crippen LogP contribution in [0, 0.1) is 15.9 Å². The molecule has 0 spiro atoms. The third kappa shape index (κ3) is 2.77. The van der Waals surface area contributed by atoms with Crippen LogP contribution in [0.2, 0.25) is 0 Å². The van der Waals surface area contributed by atoms with Gasteiger partial charge in [-0.15, -0.1) is 5.10 Å². The van der Waals surface area contributed by atoms with Crippen molar-refractivity contribution in [1.82, 2.24) is 9.59 Å². The molecule has 104 valence electrons. The summed E-state index contributed by atoms with van der Waals surface area (Å²) in [5, 5.41) is 16.7. The zero-order valence-corrected chi connectivity index (χ0v) is 11.1. The summed E-state index contributed by atoms with van der Waals surface area (Å²) in [4.78, 5) is 22.2. The lowest BCUT2D eigenvalue weighted by molar-refractivity contribution is -0.384. The van der Waals surface area contributed by atoms with Crippen molar-refractivity contribution in [3.05, 3.63) is 44.7 Å². The van der Waals surface area contributed by atoms with E-state index in [4.69, 9.17) is 0 Å². The molecule has 9 heteroatoms. The summed E-state index contributed by atoms with van der Waals surface area (Å²) < 4.78 is 17.2. The summed E-state index contributed by atoms with van der Waals surface area (Å²) >= 11 is 0.888. The summed E-state index contributed by atoms with van der Waals surface area (Å²) in [6.07, 6.45) is 0.511. The smallest absolute Gasteiger partial charge is 0.271 e. The monoisotopic (exact) mass is 296 g/mol.